The highest BCUT2D eigenvalue weighted by Crippen LogP contribution is 2.47. The Kier molecular flexibility index (Phi) is 4.13. The first kappa shape index (κ1) is 15.7. The van der Waals surface area contributed by atoms with Gasteiger partial charge in [-0.25, -0.2) is 0 Å². The SMILES string of the molecule is CC(C)(C)[Si](C)(C)O[C@@H](c1ccccc1)[C@]1(CO)CO1. The predicted molar refractivity (Wildman–Crippen MR) is 83.2 cm³/mol. The van der Waals surface area contributed by atoms with Crippen LogP contribution in [0.1, 0.15) is 32.4 Å². The zero-order valence-electron chi connectivity index (χ0n) is 13.1. The first-order valence-electron chi connectivity index (χ1n) is 7.19. The van der Waals surface area contributed by atoms with Gasteiger partial charge in [-0.15, -0.1) is 0 Å². The summed E-state index contributed by atoms with van der Waals surface area (Å²) in [7, 11) is -1.93. The first-order chi connectivity index (χ1) is 9.22. The molecule has 1 heterocycles. The number of rotatable bonds is 5. The molecule has 0 unspecified atom stereocenters. The van der Waals surface area contributed by atoms with E-state index in [-0.39, 0.29) is 17.7 Å². The molecule has 1 saturated heterocycles. The Balaban J connectivity index is 2.30. The minimum atomic E-state index is -1.93. The van der Waals surface area contributed by atoms with Gasteiger partial charge >= 0.3 is 0 Å². The summed E-state index contributed by atoms with van der Waals surface area (Å²) in [5, 5.41) is 9.83. The van der Waals surface area contributed by atoms with Gasteiger partial charge in [0.05, 0.1) is 13.2 Å². The van der Waals surface area contributed by atoms with E-state index < -0.39 is 13.9 Å². The zero-order chi connectivity index (χ0) is 15.0. The van der Waals surface area contributed by atoms with Crippen LogP contribution in [0, 0.1) is 0 Å². The number of aliphatic hydroxyl groups is 1. The van der Waals surface area contributed by atoms with E-state index in [1.807, 2.05) is 18.2 Å². The fourth-order valence-electron chi connectivity index (χ4n) is 2.00. The van der Waals surface area contributed by atoms with Crippen LogP contribution in [0.25, 0.3) is 0 Å². The fourth-order valence-corrected chi connectivity index (χ4v) is 3.29. The fraction of sp³-hybridized carbons (Fsp3) is 0.625. The Morgan fingerprint density at radius 3 is 2.25 bits per heavy atom. The van der Waals surface area contributed by atoms with Crippen LogP contribution in [-0.4, -0.2) is 32.2 Å². The molecular weight excluding hydrogens is 268 g/mol. The quantitative estimate of drug-likeness (QED) is 0.667. The van der Waals surface area contributed by atoms with Crippen LogP contribution in [0.2, 0.25) is 18.1 Å². The van der Waals surface area contributed by atoms with Gasteiger partial charge in [0.2, 0.25) is 0 Å². The second kappa shape index (κ2) is 5.26. The van der Waals surface area contributed by atoms with E-state index in [4.69, 9.17) is 9.16 Å². The largest absolute Gasteiger partial charge is 0.407 e. The Hall–Kier alpha value is -0.683. The van der Waals surface area contributed by atoms with Gasteiger partial charge < -0.3 is 14.3 Å². The molecule has 20 heavy (non-hydrogen) atoms. The summed E-state index contributed by atoms with van der Waals surface area (Å²) < 4.78 is 12.1. The maximum Gasteiger partial charge on any atom is 0.193 e. The highest BCUT2D eigenvalue weighted by atomic mass is 28.4. The van der Waals surface area contributed by atoms with Gasteiger partial charge in [-0.1, -0.05) is 51.1 Å². The Bertz CT molecular complexity index is 447. The molecule has 112 valence electrons. The minimum absolute atomic E-state index is 0.00117. The maximum atomic E-state index is 9.70. The van der Waals surface area contributed by atoms with Crippen LogP contribution in [0.4, 0.5) is 0 Å². The van der Waals surface area contributed by atoms with E-state index in [2.05, 4.69) is 46.0 Å². The van der Waals surface area contributed by atoms with Gasteiger partial charge in [0, 0.05) is 0 Å². The first-order valence-corrected chi connectivity index (χ1v) is 10.1. The van der Waals surface area contributed by atoms with Crippen LogP contribution < -0.4 is 0 Å². The minimum Gasteiger partial charge on any atom is -0.407 e. The third-order valence-corrected chi connectivity index (χ3v) is 9.02. The molecule has 0 amide bonds. The van der Waals surface area contributed by atoms with Gasteiger partial charge in [-0.2, -0.15) is 0 Å². The van der Waals surface area contributed by atoms with Crippen molar-refractivity contribution in [2.24, 2.45) is 0 Å². The van der Waals surface area contributed by atoms with Gasteiger partial charge in [0.15, 0.2) is 8.32 Å². The number of hydrogen-bond acceptors (Lipinski definition) is 3. The third-order valence-electron chi connectivity index (χ3n) is 4.58. The van der Waals surface area contributed by atoms with Crippen LogP contribution in [-0.2, 0) is 9.16 Å². The van der Waals surface area contributed by atoms with E-state index >= 15 is 0 Å². The molecule has 0 radical (unpaired) electrons. The Labute approximate surface area is 123 Å². The molecule has 0 spiro atoms. The number of ether oxygens (including phenoxy) is 1. The predicted octanol–water partition coefficient (Wildman–Crippen LogP) is 3.51. The summed E-state index contributed by atoms with van der Waals surface area (Å²) in [4.78, 5) is 0. The van der Waals surface area contributed by atoms with Crippen molar-refractivity contribution < 1.29 is 14.3 Å². The second-order valence-electron chi connectivity index (χ2n) is 7.18. The molecule has 3 nitrogen and oxygen atoms in total. The van der Waals surface area contributed by atoms with E-state index in [0.29, 0.717) is 6.61 Å². The van der Waals surface area contributed by atoms with E-state index in [0.717, 1.165) is 5.56 Å². The second-order valence-corrected chi connectivity index (χ2v) is 11.9. The monoisotopic (exact) mass is 294 g/mol. The molecule has 2 atom stereocenters. The molecule has 1 aromatic rings. The van der Waals surface area contributed by atoms with Crippen molar-refractivity contribution in [2.75, 3.05) is 13.2 Å². The van der Waals surface area contributed by atoms with Gasteiger partial charge in [-0.05, 0) is 23.7 Å². The molecule has 4 heteroatoms. The van der Waals surface area contributed by atoms with E-state index in [1.165, 1.54) is 0 Å². The normalized spacial score (nSPS) is 24.5. The van der Waals surface area contributed by atoms with Crippen molar-refractivity contribution in [1.29, 1.82) is 0 Å². The molecule has 1 N–H and O–H groups in total. The Morgan fingerprint density at radius 1 is 1.30 bits per heavy atom. The van der Waals surface area contributed by atoms with Crippen LogP contribution in [0.15, 0.2) is 30.3 Å². The summed E-state index contributed by atoms with van der Waals surface area (Å²) in [5.41, 5.74) is 0.542. The van der Waals surface area contributed by atoms with Crippen molar-refractivity contribution in [3.63, 3.8) is 0 Å². The molecule has 1 aromatic carbocycles. The highest BCUT2D eigenvalue weighted by Gasteiger charge is 2.55. The standard InChI is InChI=1S/C16H26O3Si/c1-15(2,3)20(4,5)19-14(16(11-17)12-18-16)13-9-7-6-8-10-13/h6-10,14,17H,11-12H2,1-5H3/t14-,16-/m0/s1. The molecular formula is C16H26O3Si. The van der Waals surface area contributed by atoms with Crippen LogP contribution in [0.5, 0.6) is 0 Å². The molecule has 0 bridgehead atoms. The summed E-state index contributed by atoms with van der Waals surface area (Å²) in [6.07, 6.45) is -0.186. The van der Waals surface area contributed by atoms with Crippen LogP contribution in [0.3, 0.4) is 0 Å². The summed E-state index contributed by atoms with van der Waals surface area (Å²) in [6.45, 7) is 11.7. The van der Waals surface area contributed by atoms with Gasteiger partial charge in [-0.3, -0.25) is 0 Å². The third kappa shape index (κ3) is 2.98. The molecule has 0 aromatic heterocycles. The van der Waals surface area contributed by atoms with Crippen molar-refractivity contribution in [2.45, 2.75) is 50.6 Å². The van der Waals surface area contributed by atoms with Gasteiger partial charge in [0.1, 0.15) is 11.7 Å². The lowest BCUT2D eigenvalue weighted by atomic mass is 9.97. The van der Waals surface area contributed by atoms with E-state index in [1.54, 1.807) is 0 Å². The Morgan fingerprint density at radius 2 is 1.85 bits per heavy atom. The van der Waals surface area contributed by atoms with Crippen LogP contribution >= 0.6 is 0 Å². The average Bonchev–Trinajstić information content (AvgIpc) is 3.16. The molecule has 1 aliphatic rings. The molecule has 1 fully saturated rings. The number of hydrogen-bond donors (Lipinski definition) is 1. The lowest BCUT2D eigenvalue weighted by Gasteiger charge is -2.40. The van der Waals surface area contributed by atoms with Crippen molar-refractivity contribution in [1.82, 2.24) is 0 Å². The average molecular weight is 294 g/mol. The smallest absolute Gasteiger partial charge is 0.193 e. The summed E-state index contributed by atoms with van der Waals surface area (Å²) >= 11 is 0. The summed E-state index contributed by atoms with van der Waals surface area (Å²) in [6, 6.07) is 10.1. The zero-order valence-corrected chi connectivity index (χ0v) is 14.1. The number of aliphatic hydroxyl groups excluding tert-OH is 1. The number of epoxide rings is 1. The topological polar surface area (TPSA) is 42.0 Å². The van der Waals surface area contributed by atoms with E-state index in [9.17, 15) is 5.11 Å². The molecule has 1 aliphatic heterocycles. The lowest BCUT2D eigenvalue weighted by Crippen LogP contribution is -2.45. The molecule has 0 aliphatic carbocycles. The number of benzene rings is 1. The lowest BCUT2D eigenvalue weighted by molar-refractivity contribution is 0.0434. The molecule has 2 rings (SSSR count). The van der Waals surface area contributed by atoms with Crippen molar-refractivity contribution in [3.8, 4) is 0 Å². The summed E-state index contributed by atoms with van der Waals surface area (Å²) in [5.74, 6) is 0. The van der Waals surface area contributed by atoms with Crippen molar-refractivity contribution in [3.05, 3.63) is 35.9 Å². The maximum absolute atomic E-state index is 9.70. The molecule has 0 saturated carbocycles. The van der Waals surface area contributed by atoms with Crippen molar-refractivity contribution >= 4 is 8.32 Å². The van der Waals surface area contributed by atoms with Gasteiger partial charge in [0.25, 0.3) is 0 Å². The highest BCUT2D eigenvalue weighted by molar-refractivity contribution is 6.74.